The summed E-state index contributed by atoms with van der Waals surface area (Å²) in [5.74, 6) is -0.346. The number of nitrogens with two attached hydrogens (primary N) is 1. The SMILES string of the molecule is NS(=O)(=O)N1CCN(Cc2ccc(Cl)cc2F)CC1. The van der Waals surface area contributed by atoms with Crippen molar-refractivity contribution in [3.05, 3.63) is 34.6 Å². The molecule has 1 aliphatic heterocycles. The van der Waals surface area contributed by atoms with Gasteiger partial charge in [0.15, 0.2) is 0 Å². The second kappa shape index (κ2) is 5.72. The van der Waals surface area contributed by atoms with Crippen molar-refractivity contribution in [1.82, 2.24) is 9.21 Å². The Morgan fingerprint density at radius 1 is 1.26 bits per heavy atom. The molecule has 0 saturated carbocycles. The fourth-order valence-electron chi connectivity index (χ4n) is 2.03. The molecule has 0 bridgehead atoms. The Kier molecular flexibility index (Phi) is 4.42. The van der Waals surface area contributed by atoms with Gasteiger partial charge in [0.25, 0.3) is 10.2 Å². The van der Waals surface area contributed by atoms with Gasteiger partial charge in [-0.1, -0.05) is 17.7 Å². The molecule has 1 aliphatic rings. The molecule has 1 heterocycles. The minimum atomic E-state index is -3.62. The minimum Gasteiger partial charge on any atom is -0.296 e. The quantitative estimate of drug-likeness (QED) is 0.898. The zero-order valence-corrected chi connectivity index (χ0v) is 11.8. The standard InChI is InChI=1S/C11H15ClFN3O2S/c12-10-2-1-9(11(13)7-10)8-15-3-5-16(6-4-15)19(14,17)18/h1-2,7H,3-6,8H2,(H2,14,17,18). The molecule has 0 atom stereocenters. The molecule has 0 radical (unpaired) electrons. The van der Waals surface area contributed by atoms with Gasteiger partial charge < -0.3 is 0 Å². The van der Waals surface area contributed by atoms with Gasteiger partial charge in [-0.15, -0.1) is 0 Å². The third-order valence-electron chi connectivity index (χ3n) is 3.10. The summed E-state index contributed by atoms with van der Waals surface area (Å²) in [5, 5.41) is 5.42. The zero-order valence-electron chi connectivity index (χ0n) is 10.2. The fourth-order valence-corrected chi connectivity index (χ4v) is 2.86. The first-order valence-electron chi connectivity index (χ1n) is 5.80. The molecular weight excluding hydrogens is 293 g/mol. The van der Waals surface area contributed by atoms with Gasteiger partial charge in [-0.05, 0) is 12.1 Å². The fraction of sp³-hybridized carbons (Fsp3) is 0.455. The molecule has 106 valence electrons. The van der Waals surface area contributed by atoms with Crippen LogP contribution in [-0.4, -0.2) is 43.8 Å². The van der Waals surface area contributed by atoms with Gasteiger partial charge in [0.1, 0.15) is 5.82 Å². The molecule has 1 aromatic rings. The van der Waals surface area contributed by atoms with E-state index < -0.39 is 10.2 Å². The Bertz CT molecular complexity index is 559. The van der Waals surface area contributed by atoms with E-state index in [2.05, 4.69) is 0 Å². The van der Waals surface area contributed by atoms with Crippen molar-refractivity contribution in [3.8, 4) is 0 Å². The molecule has 0 amide bonds. The summed E-state index contributed by atoms with van der Waals surface area (Å²) in [6, 6.07) is 4.56. The lowest BCUT2D eigenvalue weighted by Crippen LogP contribution is -2.50. The molecule has 8 heteroatoms. The van der Waals surface area contributed by atoms with Gasteiger partial charge >= 0.3 is 0 Å². The van der Waals surface area contributed by atoms with Crippen LogP contribution in [-0.2, 0) is 16.8 Å². The predicted molar refractivity (Wildman–Crippen MR) is 71.4 cm³/mol. The summed E-state index contributed by atoms with van der Waals surface area (Å²) in [6.07, 6.45) is 0. The molecular formula is C11H15ClFN3O2S. The van der Waals surface area contributed by atoms with E-state index in [4.69, 9.17) is 16.7 Å². The van der Waals surface area contributed by atoms with Crippen molar-refractivity contribution in [3.63, 3.8) is 0 Å². The largest absolute Gasteiger partial charge is 0.296 e. The van der Waals surface area contributed by atoms with Crippen LogP contribution in [0.5, 0.6) is 0 Å². The first-order valence-corrected chi connectivity index (χ1v) is 7.68. The van der Waals surface area contributed by atoms with E-state index in [1.54, 1.807) is 12.1 Å². The van der Waals surface area contributed by atoms with E-state index in [0.717, 1.165) is 0 Å². The van der Waals surface area contributed by atoms with Crippen LogP contribution < -0.4 is 5.14 Å². The summed E-state index contributed by atoms with van der Waals surface area (Å²) in [6.45, 7) is 2.14. The molecule has 0 unspecified atom stereocenters. The van der Waals surface area contributed by atoms with Crippen molar-refractivity contribution < 1.29 is 12.8 Å². The number of rotatable bonds is 3. The Labute approximate surface area is 116 Å². The number of benzene rings is 1. The Morgan fingerprint density at radius 3 is 2.42 bits per heavy atom. The van der Waals surface area contributed by atoms with Crippen LogP contribution in [0.1, 0.15) is 5.56 Å². The van der Waals surface area contributed by atoms with Crippen molar-refractivity contribution in [1.29, 1.82) is 0 Å². The highest BCUT2D eigenvalue weighted by Crippen LogP contribution is 2.17. The summed E-state index contributed by atoms with van der Waals surface area (Å²) in [7, 11) is -3.62. The van der Waals surface area contributed by atoms with Crippen molar-refractivity contribution >= 4 is 21.8 Å². The van der Waals surface area contributed by atoms with E-state index in [1.165, 1.54) is 10.4 Å². The Hall–Kier alpha value is -0.730. The topological polar surface area (TPSA) is 66.6 Å². The molecule has 1 aromatic carbocycles. The zero-order chi connectivity index (χ0) is 14.0. The highest BCUT2D eigenvalue weighted by molar-refractivity contribution is 7.86. The smallest absolute Gasteiger partial charge is 0.276 e. The van der Waals surface area contributed by atoms with E-state index in [-0.39, 0.29) is 5.82 Å². The van der Waals surface area contributed by atoms with Gasteiger partial charge in [-0.3, -0.25) is 4.90 Å². The maximum absolute atomic E-state index is 13.6. The Morgan fingerprint density at radius 2 is 1.89 bits per heavy atom. The molecule has 19 heavy (non-hydrogen) atoms. The normalized spacial score (nSPS) is 18.7. The van der Waals surface area contributed by atoms with Gasteiger partial charge in [0, 0.05) is 43.3 Å². The molecule has 5 nitrogen and oxygen atoms in total. The lowest BCUT2D eigenvalue weighted by atomic mass is 10.2. The van der Waals surface area contributed by atoms with Crippen molar-refractivity contribution in [2.24, 2.45) is 5.14 Å². The molecule has 0 aliphatic carbocycles. The molecule has 2 rings (SSSR count). The summed E-state index contributed by atoms with van der Waals surface area (Å²) in [4.78, 5) is 1.98. The van der Waals surface area contributed by atoms with E-state index in [1.807, 2.05) is 4.90 Å². The lowest BCUT2D eigenvalue weighted by molar-refractivity contribution is 0.180. The van der Waals surface area contributed by atoms with Crippen LogP contribution >= 0.6 is 11.6 Å². The second-order valence-corrected chi connectivity index (χ2v) is 6.44. The van der Waals surface area contributed by atoms with E-state index in [0.29, 0.717) is 43.3 Å². The molecule has 1 fully saturated rings. The van der Waals surface area contributed by atoms with E-state index in [9.17, 15) is 12.8 Å². The average molecular weight is 308 g/mol. The number of piperazine rings is 1. The Balaban J connectivity index is 1.96. The van der Waals surface area contributed by atoms with Gasteiger partial charge in [0.05, 0.1) is 0 Å². The molecule has 1 saturated heterocycles. The van der Waals surface area contributed by atoms with Crippen molar-refractivity contribution in [2.45, 2.75) is 6.54 Å². The second-order valence-electron chi connectivity index (χ2n) is 4.46. The summed E-state index contributed by atoms with van der Waals surface area (Å²) < 4.78 is 37.2. The summed E-state index contributed by atoms with van der Waals surface area (Å²) >= 11 is 5.69. The van der Waals surface area contributed by atoms with Crippen LogP contribution in [0.15, 0.2) is 18.2 Å². The third kappa shape index (κ3) is 3.87. The van der Waals surface area contributed by atoms with Crippen molar-refractivity contribution in [2.75, 3.05) is 26.2 Å². The van der Waals surface area contributed by atoms with Gasteiger partial charge in [0.2, 0.25) is 0 Å². The molecule has 2 N–H and O–H groups in total. The highest BCUT2D eigenvalue weighted by Gasteiger charge is 2.24. The monoisotopic (exact) mass is 307 g/mol. The first kappa shape index (κ1) is 14.7. The molecule has 0 spiro atoms. The van der Waals surface area contributed by atoms with Crippen LogP contribution in [0.4, 0.5) is 4.39 Å². The van der Waals surface area contributed by atoms with Gasteiger partial charge in [-0.2, -0.15) is 12.7 Å². The number of halogens is 2. The maximum atomic E-state index is 13.6. The number of nitrogens with zero attached hydrogens (tertiary/aromatic N) is 2. The van der Waals surface area contributed by atoms with Gasteiger partial charge in [-0.25, -0.2) is 9.53 Å². The van der Waals surface area contributed by atoms with Crippen LogP contribution in [0, 0.1) is 5.82 Å². The van der Waals surface area contributed by atoms with Crippen LogP contribution in [0.3, 0.4) is 0 Å². The highest BCUT2D eigenvalue weighted by atomic mass is 35.5. The average Bonchev–Trinajstić information content (AvgIpc) is 2.32. The lowest BCUT2D eigenvalue weighted by Gasteiger charge is -2.32. The number of hydrogen-bond acceptors (Lipinski definition) is 3. The molecule has 0 aromatic heterocycles. The first-order chi connectivity index (χ1) is 8.86. The summed E-state index contributed by atoms with van der Waals surface area (Å²) in [5.41, 5.74) is 0.549. The van der Waals surface area contributed by atoms with E-state index >= 15 is 0 Å². The minimum absolute atomic E-state index is 0.327. The number of hydrogen-bond donors (Lipinski definition) is 1. The third-order valence-corrected chi connectivity index (χ3v) is 4.42. The van der Waals surface area contributed by atoms with Crippen LogP contribution in [0.25, 0.3) is 0 Å². The van der Waals surface area contributed by atoms with Crippen LogP contribution in [0.2, 0.25) is 5.02 Å². The predicted octanol–water partition coefficient (Wildman–Crippen LogP) is 0.800. The maximum Gasteiger partial charge on any atom is 0.276 e.